The van der Waals surface area contributed by atoms with Crippen LogP contribution in [0.4, 0.5) is 0 Å². The number of rotatable bonds is 2. The lowest BCUT2D eigenvalue weighted by atomic mass is 10.0. The first-order valence-electron chi connectivity index (χ1n) is 7.63. The van der Waals surface area contributed by atoms with E-state index in [-0.39, 0.29) is 12.4 Å². The van der Waals surface area contributed by atoms with Gasteiger partial charge in [-0.1, -0.05) is 18.2 Å². The van der Waals surface area contributed by atoms with Crippen molar-refractivity contribution in [1.29, 1.82) is 0 Å². The van der Waals surface area contributed by atoms with E-state index >= 15 is 0 Å². The molecule has 2 heterocycles. The molecule has 1 aliphatic rings. The van der Waals surface area contributed by atoms with E-state index in [2.05, 4.69) is 5.32 Å². The van der Waals surface area contributed by atoms with E-state index in [1.54, 1.807) is 36.4 Å². The number of hydrogen-bond acceptors (Lipinski definition) is 4. The molecule has 1 aliphatic heterocycles. The van der Waals surface area contributed by atoms with Crippen LogP contribution in [-0.2, 0) is 22.8 Å². The Labute approximate surface area is 147 Å². The smallest absolute Gasteiger partial charge is 0.206 e. The van der Waals surface area contributed by atoms with Gasteiger partial charge in [0.05, 0.1) is 9.79 Å². The Bertz CT molecular complexity index is 994. The van der Waals surface area contributed by atoms with Gasteiger partial charge in [0, 0.05) is 30.5 Å². The Hall–Kier alpha value is -1.82. The van der Waals surface area contributed by atoms with Crippen molar-refractivity contribution in [2.45, 2.75) is 29.7 Å². The van der Waals surface area contributed by atoms with Crippen LogP contribution in [0.1, 0.15) is 16.9 Å². The third kappa shape index (κ3) is 2.62. The molecular formula is C18H18ClNO3S. The van der Waals surface area contributed by atoms with Crippen LogP contribution in [-0.4, -0.2) is 15.0 Å². The lowest BCUT2D eigenvalue weighted by molar-refractivity contribution is 0.499. The molecule has 6 heteroatoms. The zero-order valence-electron chi connectivity index (χ0n) is 13.2. The van der Waals surface area contributed by atoms with Crippen LogP contribution in [0.3, 0.4) is 0 Å². The van der Waals surface area contributed by atoms with Gasteiger partial charge in [-0.3, -0.25) is 0 Å². The van der Waals surface area contributed by atoms with Crippen LogP contribution < -0.4 is 5.32 Å². The Morgan fingerprint density at radius 3 is 2.58 bits per heavy atom. The number of benzene rings is 2. The highest BCUT2D eigenvalue weighted by atomic mass is 35.5. The second-order valence-corrected chi connectivity index (χ2v) is 7.81. The quantitative estimate of drug-likeness (QED) is 0.755. The first-order valence-corrected chi connectivity index (χ1v) is 9.11. The van der Waals surface area contributed by atoms with Crippen molar-refractivity contribution in [3.05, 3.63) is 59.4 Å². The highest BCUT2D eigenvalue weighted by molar-refractivity contribution is 7.91. The number of furan rings is 1. The zero-order chi connectivity index (χ0) is 16.0. The molecular weight excluding hydrogens is 346 g/mol. The molecule has 2 aromatic carbocycles. The summed E-state index contributed by atoms with van der Waals surface area (Å²) in [7, 11) is -3.52. The molecule has 0 atom stereocenters. The number of halogens is 1. The van der Waals surface area contributed by atoms with Crippen LogP contribution >= 0.6 is 12.4 Å². The van der Waals surface area contributed by atoms with Gasteiger partial charge < -0.3 is 9.73 Å². The van der Waals surface area contributed by atoms with Crippen LogP contribution in [0.2, 0.25) is 0 Å². The van der Waals surface area contributed by atoms with E-state index in [1.165, 1.54) is 0 Å². The molecule has 24 heavy (non-hydrogen) atoms. The molecule has 0 bridgehead atoms. The van der Waals surface area contributed by atoms with Gasteiger partial charge in [0.25, 0.3) is 0 Å². The fourth-order valence-electron chi connectivity index (χ4n) is 3.14. The summed E-state index contributed by atoms with van der Waals surface area (Å²) >= 11 is 0. The summed E-state index contributed by atoms with van der Waals surface area (Å²) < 4.78 is 31.7. The Morgan fingerprint density at radius 1 is 1.08 bits per heavy atom. The van der Waals surface area contributed by atoms with Crippen molar-refractivity contribution < 1.29 is 12.8 Å². The molecule has 0 unspecified atom stereocenters. The summed E-state index contributed by atoms with van der Waals surface area (Å²) in [6, 6.07) is 12.0. The average Bonchev–Trinajstić information content (AvgIpc) is 2.95. The molecule has 1 aromatic heterocycles. The molecule has 0 fully saturated rings. The minimum atomic E-state index is -3.52. The van der Waals surface area contributed by atoms with Gasteiger partial charge in [-0.05, 0) is 36.8 Å². The first kappa shape index (κ1) is 17.0. The van der Waals surface area contributed by atoms with Crippen molar-refractivity contribution in [3.63, 3.8) is 0 Å². The van der Waals surface area contributed by atoms with Gasteiger partial charge in [-0.2, -0.15) is 0 Å². The monoisotopic (exact) mass is 363 g/mol. The number of aryl methyl sites for hydroxylation is 1. The predicted octanol–water partition coefficient (Wildman–Crippen LogP) is 3.64. The van der Waals surface area contributed by atoms with Crippen molar-refractivity contribution >= 4 is 33.2 Å². The molecule has 126 valence electrons. The van der Waals surface area contributed by atoms with Crippen LogP contribution in [0, 0.1) is 6.92 Å². The normalized spacial score (nSPS) is 14.2. The third-order valence-electron chi connectivity index (χ3n) is 4.33. The Balaban J connectivity index is 0.00000169. The van der Waals surface area contributed by atoms with Crippen LogP contribution in [0.25, 0.3) is 11.0 Å². The molecule has 0 spiro atoms. The van der Waals surface area contributed by atoms with Crippen molar-refractivity contribution in [3.8, 4) is 0 Å². The number of sulfone groups is 1. The molecule has 0 saturated heterocycles. The second kappa shape index (κ2) is 6.24. The maximum Gasteiger partial charge on any atom is 0.206 e. The molecule has 3 aromatic rings. The van der Waals surface area contributed by atoms with Crippen LogP contribution in [0.5, 0.6) is 0 Å². The van der Waals surface area contributed by atoms with E-state index in [0.29, 0.717) is 9.79 Å². The first-order chi connectivity index (χ1) is 11.1. The summed E-state index contributed by atoms with van der Waals surface area (Å²) in [6.45, 7) is 3.51. The second-order valence-electron chi connectivity index (χ2n) is 5.86. The zero-order valence-corrected chi connectivity index (χ0v) is 14.8. The van der Waals surface area contributed by atoms with Crippen molar-refractivity contribution in [2.75, 3.05) is 6.54 Å². The van der Waals surface area contributed by atoms with E-state index in [4.69, 9.17) is 4.42 Å². The van der Waals surface area contributed by atoms with Crippen molar-refractivity contribution in [1.82, 2.24) is 5.32 Å². The topological polar surface area (TPSA) is 59.3 Å². The maximum atomic E-state index is 12.9. The predicted molar refractivity (Wildman–Crippen MR) is 95.5 cm³/mol. The van der Waals surface area contributed by atoms with E-state index < -0.39 is 9.84 Å². The van der Waals surface area contributed by atoms with Gasteiger partial charge in [0.15, 0.2) is 0 Å². The third-order valence-corrected chi connectivity index (χ3v) is 6.08. The highest BCUT2D eigenvalue weighted by Crippen LogP contribution is 2.34. The standard InChI is InChI=1S/C18H17NO3S.ClH/c1-12-9-14(23(20,21)13-5-3-2-4-6-13)10-15-16-11-19-8-7-17(16)22-18(12)15;/h2-6,9-10,19H,7-8,11H2,1H3;1H. The lowest BCUT2D eigenvalue weighted by Crippen LogP contribution is -2.22. The summed E-state index contributed by atoms with van der Waals surface area (Å²) in [5.41, 5.74) is 2.73. The summed E-state index contributed by atoms with van der Waals surface area (Å²) in [5, 5.41) is 4.22. The molecule has 1 N–H and O–H groups in total. The minimum absolute atomic E-state index is 0. The fraction of sp³-hybridized carbons (Fsp3) is 0.222. The lowest BCUT2D eigenvalue weighted by Gasteiger charge is -2.11. The van der Waals surface area contributed by atoms with Gasteiger partial charge in [0.1, 0.15) is 11.3 Å². The van der Waals surface area contributed by atoms with E-state index in [0.717, 1.165) is 47.4 Å². The highest BCUT2D eigenvalue weighted by Gasteiger charge is 2.23. The van der Waals surface area contributed by atoms with Crippen molar-refractivity contribution in [2.24, 2.45) is 0 Å². The van der Waals surface area contributed by atoms with Gasteiger partial charge >= 0.3 is 0 Å². The molecule has 0 radical (unpaired) electrons. The molecule has 0 saturated carbocycles. The Kier molecular flexibility index (Phi) is 4.42. The van der Waals surface area contributed by atoms with Crippen LogP contribution in [0.15, 0.2) is 56.7 Å². The Morgan fingerprint density at radius 2 is 1.83 bits per heavy atom. The number of nitrogens with one attached hydrogen (secondary N) is 1. The number of fused-ring (bicyclic) bond motifs is 3. The summed E-state index contributed by atoms with van der Waals surface area (Å²) in [5.74, 6) is 0.969. The maximum absolute atomic E-state index is 12.9. The largest absolute Gasteiger partial charge is 0.460 e. The molecule has 0 aliphatic carbocycles. The van der Waals surface area contributed by atoms with E-state index in [9.17, 15) is 8.42 Å². The minimum Gasteiger partial charge on any atom is -0.460 e. The molecule has 4 nitrogen and oxygen atoms in total. The average molecular weight is 364 g/mol. The van der Waals surface area contributed by atoms with E-state index in [1.807, 2.05) is 13.0 Å². The summed E-state index contributed by atoms with van der Waals surface area (Å²) in [6.07, 6.45) is 0.838. The van der Waals surface area contributed by atoms with Gasteiger partial charge in [-0.15, -0.1) is 12.4 Å². The molecule has 0 amide bonds. The molecule has 4 rings (SSSR count). The fourth-order valence-corrected chi connectivity index (χ4v) is 4.53. The summed E-state index contributed by atoms with van der Waals surface area (Å²) in [4.78, 5) is 0.636. The van der Waals surface area contributed by atoms with Gasteiger partial charge in [0.2, 0.25) is 9.84 Å². The van der Waals surface area contributed by atoms with Gasteiger partial charge in [-0.25, -0.2) is 8.42 Å². The number of hydrogen-bond donors (Lipinski definition) is 1. The SMILES string of the molecule is Cc1cc(S(=O)(=O)c2ccccc2)cc2c3c(oc12)CCNC3.Cl.